The number of carbonyl (C=O) groups is 1. The number of rotatable bonds is 1. The third kappa shape index (κ3) is 2.35. The van der Waals surface area contributed by atoms with Crippen LogP contribution in [0.1, 0.15) is 49.5 Å². The second kappa shape index (κ2) is 4.63. The first kappa shape index (κ1) is 12.9. The van der Waals surface area contributed by atoms with E-state index in [4.69, 9.17) is 9.47 Å². The van der Waals surface area contributed by atoms with Crippen LogP contribution in [0.2, 0.25) is 0 Å². The van der Waals surface area contributed by atoms with Gasteiger partial charge in [0.2, 0.25) is 0 Å². The molecule has 0 saturated heterocycles. The van der Waals surface area contributed by atoms with Gasteiger partial charge in [0, 0.05) is 12.0 Å². The monoisotopic (exact) mass is 248 g/mol. The van der Waals surface area contributed by atoms with E-state index in [1.807, 2.05) is 6.07 Å². The van der Waals surface area contributed by atoms with Crippen molar-refractivity contribution in [3.63, 3.8) is 0 Å². The van der Waals surface area contributed by atoms with E-state index in [0.717, 1.165) is 23.5 Å². The van der Waals surface area contributed by atoms with Gasteiger partial charge in [-0.2, -0.15) is 0 Å². The zero-order valence-electron chi connectivity index (χ0n) is 11.5. The molecule has 0 fully saturated rings. The second-order valence-corrected chi connectivity index (χ2v) is 5.68. The fourth-order valence-electron chi connectivity index (χ4n) is 2.18. The van der Waals surface area contributed by atoms with Gasteiger partial charge in [-0.3, -0.25) is 4.79 Å². The van der Waals surface area contributed by atoms with E-state index in [0.29, 0.717) is 18.6 Å². The normalized spacial score (nSPS) is 15.7. The molecular weight excluding hydrogens is 228 g/mol. The molecule has 1 aromatic carbocycles. The van der Waals surface area contributed by atoms with Gasteiger partial charge in [-0.1, -0.05) is 20.8 Å². The summed E-state index contributed by atoms with van der Waals surface area (Å²) < 4.78 is 11.1. The molecule has 98 valence electrons. The molecule has 0 N–H and O–H groups in total. The highest BCUT2D eigenvalue weighted by Gasteiger charge is 2.27. The maximum absolute atomic E-state index is 12.1. The second-order valence-electron chi connectivity index (χ2n) is 5.68. The predicted molar refractivity (Wildman–Crippen MR) is 70.8 cm³/mol. The Bertz CT molecular complexity index is 469. The van der Waals surface area contributed by atoms with Crippen LogP contribution in [-0.2, 0) is 5.41 Å². The van der Waals surface area contributed by atoms with Crippen molar-refractivity contribution in [1.82, 2.24) is 0 Å². The number of hydrogen-bond donors (Lipinski definition) is 0. The molecule has 1 aromatic rings. The van der Waals surface area contributed by atoms with Gasteiger partial charge in [0.05, 0.1) is 19.3 Å². The molecular formula is C15H20O3. The highest BCUT2D eigenvalue weighted by Crippen LogP contribution is 2.39. The molecule has 1 aliphatic heterocycles. The molecule has 0 bridgehead atoms. The summed E-state index contributed by atoms with van der Waals surface area (Å²) in [7, 11) is 1.62. The lowest BCUT2D eigenvalue weighted by atomic mass is 9.84. The number of Topliss-reactive ketones (excluding diaryl/α,β-unsaturated/α-hetero) is 1. The van der Waals surface area contributed by atoms with Crippen LogP contribution in [0.15, 0.2) is 12.1 Å². The first-order chi connectivity index (χ1) is 8.43. The maximum Gasteiger partial charge on any atom is 0.166 e. The zero-order valence-corrected chi connectivity index (χ0v) is 11.5. The largest absolute Gasteiger partial charge is 0.497 e. The molecule has 0 atom stereocenters. The predicted octanol–water partition coefficient (Wildman–Crippen LogP) is 3.35. The van der Waals surface area contributed by atoms with Crippen molar-refractivity contribution in [2.75, 3.05) is 13.7 Å². The van der Waals surface area contributed by atoms with Crippen LogP contribution < -0.4 is 9.47 Å². The average molecular weight is 248 g/mol. The van der Waals surface area contributed by atoms with Gasteiger partial charge >= 0.3 is 0 Å². The first-order valence-electron chi connectivity index (χ1n) is 6.32. The molecule has 0 unspecified atom stereocenters. The Kier molecular flexibility index (Phi) is 3.33. The number of fused-ring (bicyclic) bond motifs is 1. The van der Waals surface area contributed by atoms with Crippen LogP contribution in [0.3, 0.4) is 0 Å². The minimum atomic E-state index is -0.0801. The fourth-order valence-corrected chi connectivity index (χ4v) is 2.18. The lowest BCUT2D eigenvalue weighted by molar-refractivity contribution is 0.0982. The summed E-state index contributed by atoms with van der Waals surface area (Å²) in [5.41, 5.74) is 1.62. The number of benzene rings is 1. The summed E-state index contributed by atoms with van der Waals surface area (Å²) in [5, 5.41) is 0. The van der Waals surface area contributed by atoms with Crippen LogP contribution >= 0.6 is 0 Å². The highest BCUT2D eigenvalue weighted by molar-refractivity contribution is 6.00. The number of carbonyl (C=O) groups excluding carboxylic acids is 1. The van der Waals surface area contributed by atoms with Gasteiger partial charge in [-0.05, 0) is 24.0 Å². The Hall–Kier alpha value is -1.51. The summed E-state index contributed by atoms with van der Waals surface area (Å²) >= 11 is 0. The Morgan fingerprint density at radius 3 is 2.61 bits per heavy atom. The average Bonchev–Trinajstić information content (AvgIpc) is 2.49. The van der Waals surface area contributed by atoms with Crippen molar-refractivity contribution in [2.45, 2.75) is 39.0 Å². The van der Waals surface area contributed by atoms with Crippen molar-refractivity contribution in [1.29, 1.82) is 0 Å². The van der Waals surface area contributed by atoms with E-state index in [1.165, 1.54) is 0 Å². The Morgan fingerprint density at radius 1 is 1.28 bits per heavy atom. The minimum absolute atomic E-state index is 0.0801. The molecule has 3 heteroatoms. The number of ether oxygens (including phenoxy) is 2. The quantitative estimate of drug-likeness (QED) is 0.764. The Labute approximate surface area is 108 Å². The molecule has 0 saturated carbocycles. The standard InChI is InChI=1S/C15H20O3/c1-15(2,3)12-9-10(17-4)8-11-13(16)6-5-7-18-14(11)12/h8-9H,5-7H2,1-4H3. The smallest absolute Gasteiger partial charge is 0.166 e. The summed E-state index contributed by atoms with van der Waals surface area (Å²) in [6.45, 7) is 6.94. The van der Waals surface area contributed by atoms with Crippen molar-refractivity contribution in [2.24, 2.45) is 0 Å². The lowest BCUT2D eigenvalue weighted by Gasteiger charge is -2.24. The summed E-state index contributed by atoms with van der Waals surface area (Å²) in [6, 6.07) is 3.76. The van der Waals surface area contributed by atoms with Gasteiger partial charge < -0.3 is 9.47 Å². The molecule has 0 aromatic heterocycles. The lowest BCUT2D eigenvalue weighted by Crippen LogP contribution is -2.15. The first-order valence-corrected chi connectivity index (χ1v) is 6.32. The van der Waals surface area contributed by atoms with Crippen molar-refractivity contribution in [3.05, 3.63) is 23.3 Å². The molecule has 1 heterocycles. The van der Waals surface area contributed by atoms with Crippen LogP contribution in [0.25, 0.3) is 0 Å². The molecule has 0 aliphatic carbocycles. The van der Waals surface area contributed by atoms with E-state index < -0.39 is 0 Å². The third-order valence-electron chi connectivity index (χ3n) is 3.20. The third-order valence-corrected chi connectivity index (χ3v) is 3.20. The topological polar surface area (TPSA) is 35.5 Å². The zero-order chi connectivity index (χ0) is 13.3. The number of hydrogen-bond acceptors (Lipinski definition) is 3. The molecule has 1 aliphatic rings. The van der Waals surface area contributed by atoms with Gasteiger partial charge in [-0.15, -0.1) is 0 Å². The molecule has 0 spiro atoms. The molecule has 2 rings (SSSR count). The molecule has 18 heavy (non-hydrogen) atoms. The van der Waals surface area contributed by atoms with Crippen LogP contribution in [0.4, 0.5) is 0 Å². The van der Waals surface area contributed by atoms with Crippen LogP contribution in [0.5, 0.6) is 11.5 Å². The minimum Gasteiger partial charge on any atom is -0.497 e. The van der Waals surface area contributed by atoms with Crippen LogP contribution in [0, 0.1) is 0 Å². The van der Waals surface area contributed by atoms with E-state index in [-0.39, 0.29) is 11.2 Å². The van der Waals surface area contributed by atoms with Crippen molar-refractivity contribution >= 4 is 5.78 Å². The van der Waals surface area contributed by atoms with Crippen molar-refractivity contribution in [3.8, 4) is 11.5 Å². The Balaban J connectivity index is 2.66. The maximum atomic E-state index is 12.1. The molecule has 0 amide bonds. The number of methoxy groups -OCH3 is 1. The highest BCUT2D eigenvalue weighted by atomic mass is 16.5. The summed E-state index contributed by atoms with van der Waals surface area (Å²) in [4.78, 5) is 12.1. The fraction of sp³-hybridized carbons (Fsp3) is 0.533. The summed E-state index contributed by atoms with van der Waals surface area (Å²) in [5.74, 6) is 1.61. The van der Waals surface area contributed by atoms with E-state index in [1.54, 1.807) is 13.2 Å². The van der Waals surface area contributed by atoms with E-state index in [2.05, 4.69) is 20.8 Å². The van der Waals surface area contributed by atoms with E-state index >= 15 is 0 Å². The van der Waals surface area contributed by atoms with Crippen LogP contribution in [-0.4, -0.2) is 19.5 Å². The van der Waals surface area contributed by atoms with Gasteiger partial charge in [-0.25, -0.2) is 0 Å². The SMILES string of the molecule is COc1cc2c(c(C(C)(C)C)c1)OCCCC2=O. The van der Waals surface area contributed by atoms with Crippen molar-refractivity contribution < 1.29 is 14.3 Å². The Morgan fingerprint density at radius 2 is 2.00 bits per heavy atom. The summed E-state index contributed by atoms with van der Waals surface area (Å²) in [6.07, 6.45) is 1.32. The molecule has 0 radical (unpaired) electrons. The van der Waals surface area contributed by atoms with Gasteiger partial charge in [0.1, 0.15) is 11.5 Å². The van der Waals surface area contributed by atoms with Gasteiger partial charge in [0.15, 0.2) is 5.78 Å². The number of ketones is 1. The van der Waals surface area contributed by atoms with E-state index in [9.17, 15) is 4.79 Å². The molecule has 3 nitrogen and oxygen atoms in total. The van der Waals surface area contributed by atoms with Gasteiger partial charge in [0.25, 0.3) is 0 Å².